The van der Waals surface area contributed by atoms with Crippen molar-refractivity contribution in [2.75, 3.05) is 4.90 Å². The number of benzene rings is 7. The van der Waals surface area contributed by atoms with Crippen molar-refractivity contribution in [3.63, 3.8) is 0 Å². The van der Waals surface area contributed by atoms with Crippen molar-refractivity contribution in [2.45, 2.75) is 0 Å². The predicted octanol–water partition coefficient (Wildman–Crippen LogP) is 11.5. The van der Waals surface area contributed by atoms with E-state index < -0.39 is 0 Å². The van der Waals surface area contributed by atoms with Gasteiger partial charge < -0.3 is 9.32 Å². The molecule has 0 aliphatic carbocycles. The molecule has 2 heteroatoms. The van der Waals surface area contributed by atoms with E-state index in [1.165, 1.54) is 38.4 Å². The summed E-state index contributed by atoms with van der Waals surface area (Å²) in [6.45, 7) is 0. The molecule has 2 nitrogen and oxygen atoms in total. The smallest absolute Gasteiger partial charge is 0.136 e. The highest BCUT2D eigenvalue weighted by Crippen LogP contribution is 2.38. The van der Waals surface area contributed by atoms with Gasteiger partial charge >= 0.3 is 0 Å². The molecule has 0 bridgehead atoms. The van der Waals surface area contributed by atoms with Gasteiger partial charge in [-0.15, -0.1) is 0 Å². The molecule has 0 radical (unpaired) electrons. The van der Waals surface area contributed by atoms with E-state index in [1.807, 2.05) is 12.1 Å². The molecule has 7 aromatic carbocycles. The molecule has 0 aliphatic rings. The van der Waals surface area contributed by atoms with Crippen LogP contribution in [-0.4, -0.2) is 0 Å². The number of hydrogen-bond donors (Lipinski definition) is 0. The van der Waals surface area contributed by atoms with Gasteiger partial charge in [-0.05, 0) is 87.6 Å². The van der Waals surface area contributed by atoms with Crippen LogP contribution in [0.15, 0.2) is 168 Å². The first-order valence-electron chi connectivity index (χ1n) is 14.3. The lowest BCUT2D eigenvalue weighted by Crippen LogP contribution is -2.09. The van der Waals surface area contributed by atoms with Crippen molar-refractivity contribution in [2.24, 2.45) is 0 Å². The monoisotopic (exact) mass is 537 g/mol. The third-order valence-electron chi connectivity index (χ3n) is 8.06. The number of hydrogen-bond acceptors (Lipinski definition) is 2. The number of rotatable bonds is 5. The first kappa shape index (κ1) is 24.2. The maximum absolute atomic E-state index is 6.11. The molecule has 0 unspecified atom stereocenters. The quantitative estimate of drug-likeness (QED) is 0.217. The molecule has 1 heterocycles. The Hall–Kier alpha value is -5.60. The molecule has 0 saturated heterocycles. The Bertz CT molecular complexity index is 2160. The molecule has 0 fully saturated rings. The topological polar surface area (TPSA) is 16.4 Å². The predicted molar refractivity (Wildman–Crippen MR) is 177 cm³/mol. The molecule has 198 valence electrons. The lowest BCUT2D eigenvalue weighted by atomic mass is 9.98. The summed E-state index contributed by atoms with van der Waals surface area (Å²) in [6.07, 6.45) is 0. The van der Waals surface area contributed by atoms with Crippen LogP contribution in [0.3, 0.4) is 0 Å². The SMILES string of the molecule is c1ccc(-c2ccc(N(c3ccccc3)c3ccc(-c4ccc5c(ccc6oc7ccccc7c65)c4)cc3)cc2)cc1. The van der Waals surface area contributed by atoms with Gasteiger partial charge in [-0.2, -0.15) is 0 Å². The Balaban J connectivity index is 1.16. The second kappa shape index (κ2) is 10.1. The van der Waals surface area contributed by atoms with Gasteiger partial charge in [-0.1, -0.05) is 109 Å². The molecular weight excluding hydrogens is 510 g/mol. The van der Waals surface area contributed by atoms with Crippen LogP contribution < -0.4 is 4.90 Å². The van der Waals surface area contributed by atoms with Crippen LogP contribution in [0, 0.1) is 0 Å². The Kier molecular flexibility index (Phi) is 5.82. The fraction of sp³-hybridized carbons (Fsp3) is 0. The molecule has 0 saturated carbocycles. The van der Waals surface area contributed by atoms with E-state index in [9.17, 15) is 0 Å². The van der Waals surface area contributed by atoms with E-state index in [0.717, 1.165) is 33.6 Å². The van der Waals surface area contributed by atoms with Gasteiger partial charge in [0.05, 0.1) is 0 Å². The van der Waals surface area contributed by atoms with E-state index in [4.69, 9.17) is 4.42 Å². The minimum atomic E-state index is 0.928. The molecule has 0 atom stereocenters. The minimum Gasteiger partial charge on any atom is -0.456 e. The zero-order valence-electron chi connectivity index (χ0n) is 22.9. The normalized spacial score (nSPS) is 11.3. The van der Waals surface area contributed by atoms with Crippen LogP contribution in [0.1, 0.15) is 0 Å². The van der Waals surface area contributed by atoms with Crippen LogP contribution >= 0.6 is 0 Å². The molecule has 0 amide bonds. The molecule has 0 aliphatic heterocycles. The van der Waals surface area contributed by atoms with Gasteiger partial charge in [0, 0.05) is 27.8 Å². The van der Waals surface area contributed by atoms with Gasteiger partial charge in [0.25, 0.3) is 0 Å². The Morgan fingerprint density at radius 2 is 0.905 bits per heavy atom. The summed E-state index contributed by atoms with van der Waals surface area (Å²) in [5, 5.41) is 4.77. The van der Waals surface area contributed by atoms with Crippen molar-refractivity contribution < 1.29 is 4.42 Å². The Labute approximate surface area is 244 Å². The first-order valence-corrected chi connectivity index (χ1v) is 14.3. The van der Waals surface area contributed by atoms with Crippen molar-refractivity contribution >= 4 is 49.8 Å². The van der Waals surface area contributed by atoms with Gasteiger partial charge in [-0.25, -0.2) is 0 Å². The lowest BCUT2D eigenvalue weighted by Gasteiger charge is -2.26. The fourth-order valence-electron chi connectivity index (χ4n) is 5.99. The van der Waals surface area contributed by atoms with E-state index in [-0.39, 0.29) is 0 Å². The zero-order chi connectivity index (χ0) is 27.9. The highest BCUT2D eigenvalue weighted by molar-refractivity contribution is 6.19. The Morgan fingerprint density at radius 3 is 1.62 bits per heavy atom. The molecule has 42 heavy (non-hydrogen) atoms. The number of para-hydroxylation sites is 2. The van der Waals surface area contributed by atoms with E-state index in [2.05, 4.69) is 157 Å². The highest BCUT2D eigenvalue weighted by Gasteiger charge is 2.14. The second-order valence-electron chi connectivity index (χ2n) is 10.6. The summed E-state index contributed by atoms with van der Waals surface area (Å²) >= 11 is 0. The minimum absolute atomic E-state index is 0.928. The number of fused-ring (bicyclic) bond motifs is 5. The van der Waals surface area contributed by atoms with E-state index in [0.29, 0.717) is 0 Å². The zero-order valence-corrected chi connectivity index (χ0v) is 22.9. The summed E-state index contributed by atoms with van der Waals surface area (Å²) < 4.78 is 6.11. The number of furan rings is 1. The lowest BCUT2D eigenvalue weighted by molar-refractivity contribution is 0.669. The number of nitrogens with zero attached hydrogens (tertiary/aromatic N) is 1. The molecular formula is C40H27NO. The number of anilines is 3. The first-order chi connectivity index (χ1) is 20.8. The summed E-state index contributed by atoms with van der Waals surface area (Å²) in [7, 11) is 0. The van der Waals surface area contributed by atoms with Gasteiger partial charge in [0.2, 0.25) is 0 Å². The maximum atomic E-state index is 6.11. The van der Waals surface area contributed by atoms with Gasteiger partial charge in [-0.3, -0.25) is 0 Å². The Morgan fingerprint density at radius 1 is 0.357 bits per heavy atom. The van der Waals surface area contributed by atoms with Crippen molar-refractivity contribution in [3.8, 4) is 22.3 Å². The molecule has 0 N–H and O–H groups in total. The third-order valence-corrected chi connectivity index (χ3v) is 8.06. The largest absolute Gasteiger partial charge is 0.456 e. The van der Waals surface area contributed by atoms with Crippen molar-refractivity contribution in [1.82, 2.24) is 0 Å². The second-order valence-corrected chi connectivity index (χ2v) is 10.6. The molecule has 1 aromatic heterocycles. The summed E-state index contributed by atoms with van der Waals surface area (Å²) in [6, 6.07) is 58.0. The molecule has 8 aromatic rings. The standard InChI is InChI=1S/C40H27NO/c1-3-9-28(10-4-1)29-15-21-34(22-16-29)41(33-11-5-2-6-12-33)35-23-17-30(18-24-35)31-19-25-36-32(27-31)20-26-39-40(36)37-13-7-8-14-38(37)42-39/h1-27H. The molecule has 8 rings (SSSR count). The van der Waals surface area contributed by atoms with Gasteiger partial charge in [0.1, 0.15) is 11.2 Å². The average molecular weight is 538 g/mol. The van der Waals surface area contributed by atoms with Crippen molar-refractivity contribution in [1.29, 1.82) is 0 Å². The van der Waals surface area contributed by atoms with Crippen LogP contribution in [0.25, 0.3) is 55.0 Å². The van der Waals surface area contributed by atoms with Crippen LogP contribution in [0.5, 0.6) is 0 Å². The highest BCUT2D eigenvalue weighted by atomic mass is 16.3. The van der Waals surface area contributed by atoms with Gasteiger partial charge in [0.15, 0.2) is 0 Å². The van der Waals surface area contributed by atoms with E-state index in [1.54, 1.807) is 0 Å². The summed E-state index contributed by atoms with van der Waals surface area (Å²) in [4.78, 5) is 2.31. The van der Waals surface area contributed by atoms with Crippen LogP contribution in [0.4, 0.5) is 17.1 Å². The fourth-order valence-corrected chi connectivity index (χ4v) is 5.99. The maximum Gasteiger partial charge on any atom is 0.136 e. The van der Waals surface area contributed by atoms with E-state index >= 15 is 0 Å². The van der Waals surface area contributed by atoms with Crippen molar-refractivity contribution in [3.05, 3.63) is 164 Å². The summed E-state index contributed by atoms with van der Waals surface area (Å²) in [5.74, 6) is 0. The summed E-state index contributed by atoms with van der Waals surface area (Å²) in [5.41, 5.74) is 10.0. The molecule has 0 spiro atoms. The van der Waals surface area contributed by atoms with Crippen LogP contribution in [0.2, 0.25) is 0 Å². The third kappa shape index (κ3) is 4.22. The van der Waals surface area contributed by atoms with Crippen LogP contribution in [-0.2, 0) is 0 Å². The average Bonchev–Trinajstić information content (AvgIpc) is 3.45.